The number of hydrogen-bond donors (Lipinski definition) is 3. The van der Waals surface area contributed by atoms with Crippen LogP contribution in [0.2, 0.25) is 0 Å². The standard InChI is InChI=1S/C16H23N5O2/c1-17-16(18-12-14-7-8-19-21-14)20-13-5-3-6-15(11-13)23-10-4-9-22-2/h3,5-8,11H,4,9-10,12H2,1-2H3,(H,19,21)(H2,17,18,20). The number of aromatic nitrogens is 2. The van der Waals surface area contributed by atoms with Gasteiger partial charge in [0, 0.05) is 45.1 Å². The molecule has 7 heteroatoms. The molecule has 124 valence electrons. The molecule has 0 unspecified atom stereocenters. The van der Waals surface area contributed by atoms with E-state index >= 15 is 0 Å². The van der Waals surface area contributed by atoms with E-state index in [1.165, 1.54) is 0 Å². The number of rotatable bonds is 8. The topological polar surface area (TPSA) is 83.6 Å². The third-order valence-electron chi connectivity index (χ3n) is 3.09. The van der Waals surface area contributed by atoms with E-state index in [0.29, 0.717) is 25.7 Å². The van der Waals surface area contributed by atoms with Crippen molar-refractivity contribution in [2.45, 2.75) is 13.0 Å². The average molecular weight is 317 g/mol. The highest BCUT2D eigenvalue weighted by Gasteiger charge is 2.02. The predicted molar refractivity (Wildman–Crippen MR) is 90.8 cm³/mol. The van der Waals surface area contributed by atoms with Gasteiger partial charge in [0.15, 0.2) is 5.96 Å². The summed E-state index contributed by atoms with van der Waals surface area (Å²) >= 11 is 0. The first-order valence-corrected chi connectivity index (χ1v) is 7.49. The number of nitrogens with zero attached hydrogens (tertiary/aromatic N) is 2. The molecular formula is C16H23N5O2. The Hall–Kier alpha value is -2.54. The van der Waals surface area contributed by atoms with Crippen molar-refractivity contribution < 1.29 is 9.47 Å². The molecule has 0 spiro atoms. The van der Waals surface area contributed by atoms with Crippen molar-refractivity contribution in [3.8, 4) is 5.75 Å². The van der Waals surface area contributed by atoms with Crippen molar-refractivity contribution in [3.05, 3.63) is 42.2 Å². The summed E-state index contributed by atoms with van der Waals surface area (Å²) in [5.74, 6) is 1.49. The maximum Gasteiger partial charge on any atom is 0.195 e. The first-order chi connectivity index (χ1) is 11.3. The van der Waals surface area contributed by atoms with E-state index in [0.717, 1.165) is 23.6 Å². The molecule has 3 N–H and O–H groups in total. The van der Waals surface area contributed by atoms with Gasteiger partial charge in [-0.05, 0) is 18.2 Å². The Balaban J connectivity index is 1.85. The highest BCUT2D eigenvalue weighted by atomic mass is 16.5. The van der Waals surface area contributed by atoms with Crippen LogP contribution in [0.5, 0.6) is 5.75 Å². The summed E-state index contributed by atoms with van der Waals surface area (Å²) in [5.41, 5.74) is 1.90. The van der Waals surface area contributed by atoms with E-state index in [4.69, 9.17) is 9.47 Å². The van der Waals surface area contributed by atoms with Crippen LogP contribution in [0.1, 0.15) is 12.1 Å². The van der Waals surface area contributed by atoms with E-state index in [1.54, 1.807) is 20.4 Å². The van der Waals surface area contributed by atoms with Crippen LogP contribution >= 0.6 is 0 Å². The van der Waals surface area contributed by atoms with Gasteiger partial charge >= 0.3 is 0 Å². The summed E-state index contributed by atoms with van der Waals surface area (Å²) < 4.78 is 10.7. The van der Waals surface area contributed by atoms with Gasteiger partial charge in [-0.3, -0.25) is 10.1 Å². The van der Waals surface area contributed by atoms with E-state index in [9.17, 15) is 0 Å². The zero-order valence-electron chi connectivity index (χ0n) is 13.5. The van der Waals surface area contributed by atoms with Gasteiger partial charge in [-0.1, -0.05) is 6.07 Å². The summed E-state index contributed by atoms with van der Waals surface area (Å²) in [5, 5.41) is 13.3. The zero-order valence-corrected chi connectivity index (χ0v) is 13.5. The lowest BCUT2D eigenvalue weighted by atomic mass is 10.3. The van der Waals surface area contributed by atoms with Crippen LogP contribution in [-0.2, 0) is 11.3 Å². The van der Waals surface area contributed by atoms with Gasteiger partial charge in [-0.15, -0.1) is 0 Å². The van der Waals surface area contributed by atoms with Crippen LogP contribution in [-0.4, -0.2) is 43.5 Å². The monoisotopic (exact) mass is 317 g/mol. The lowest BCUT2D eigenvalue weighted by Crippen LogP contribution is -2.30. The molecule has 1 aromatic heterocycles. The van der Waals surface area contributed by atoms with Crippen LogP contribution in [0.4, 0.5) is 5.69 Å². The number of benzene rings is 1. The van der Waals surface area contributed by atoms with Crippen LogP contribution in [0.25, 0.3) is 0 Å². The quantitative estimate of drug-likeness (QED) is 0.394. The summed E-state index contributed by atoms with van der Waals surface area (Å²) in [4.78, 5) is 4.20. The fourth-order valence-corrected chi connectivity index (χ4v) is 1.93. The molecular weight excluding hydrogens is 294 g/mol. The highest BCUT2D eigenvalue weighted by Crippen LogP contribution is 2.17. The summed E-state index contributed by atoms with van der Waals surface area (Å²) in [6.07, 6.45) is 2.58. The number of ether oxygens (including phenoxy) is 2. The van der Waals surface area contributed by atoms with Crippen molar-refractivity contribution in [2.75, 3.05) is 32.7 Å². The first kappa shape index (κ1) is 16.8. The predicted octanol–water partition coefficient (Wildman–Crippen LogP) is 2.01. The number of aliphatic imine (C=N–C) groups is 1. The Labute approximate surface area is 136 Å². The van der Waals surface area contributed by atoms with E-state index in [-0.39, 0.29) is 0 Å². The Bertz CT molecular complexity index is 598. The number of hydrogen-bond acceptors (Lipinski definition) is 4. The molecule has 0 saturated heterocycles. The number of nitrogens with one attached hydrogen (secondary N) is 3. The molecule has 1 aromatic carbocycles. The van der Waals surface area contributed by atoms with Gasteiger partial charge in [-0.2, -0.15) is 5.10 Å². The average Bonchev–Trinajstić information content (AvgIpc) is 3.09. The molecule has 1 heterocycles. The Morgan fingerprint density at radius 3 is 2.96 bits per heavy atom. The van der Waals surface area contributed by atoms with E-state index in [1.807, 2.05) is 30.3 Å². The van der Waals surface area contributed by atoms with Gasteiger partial charge in [-0.25, -0.2) is 0 Å². The zero-order chi connectivity index (χ0) is 16.3. The Morgan fingerprint density at radius 1 is 1.30 bits per heavy atom. The SMILES string of the molecule is CN=C(NCc1ccn[nH]1)Nc1cccc(OCCCOC)c1. The maximum absolute atomic E-state index is 5.69. The van der Waals surface area contributed by atoms with Gasteiger partial charge in [0.05, 0.1) is 18.8 Å². The molecule has 2 aromatic rings. The number of anilines is 1. The van der Waals surface area contributed by atoms with Crippen LogP contribution in [0.3, 0.4) is 0 Å². The van der Waals surface area contributed by atoms with Crippen molar-refractivity contribution >= 4 is 11.6 Å². The Morgan fingerprint density at radius 2 is 2.22 bits per heavy atom. The fourth-order valence-electron chi connectivity index (χ4n) is 1.93. The molecule has 0 aliphatic carbocycles. The lowest BCUT2D eigenvalue weighted by Gasteiger charge is -2.12. The van der Waals surface area contributed by atoms with Crippen molar-refractivity contribution in [1.82, 2.24) is 15.5 Å². The fraction of sp³-hybridized carbons (Fsp3) is 0.375. The summed E-state index contributed by atoms with van der Waals surface area (Å²) in [6, 6.07) is 9.69. The third-order valence-corrected chi connectivity index (χ3v) is 3.09. The second-order valence-corrected chi connectivity index (χ2v) is 4.86. The van der Waals surface area contributed by atoms with Crippen molar-refractivity contribution in [1.29, 1.82) is 0 Å². The molecule has 0 aliphatic rings. The van der Waals surface area contributed by atoms with E-state index in [2.05, 4.69) is 25.8 Å². The van der Waals surface area contributed by atoms with E-state index < -0.39 is 0 Å². The van der Waals surface area contributed by atoms with Crippen LogP contribution in [0.15, 0.2) is 41.5 Å². The molecule has 0 aliphatic heterocycles. The van der Waals surface area contributed by atoms with Gasteiger partial charge in [0.25, 0.3) is 0 Å². The van der Waals surface area contributed by atoms with Crippen molar-refractivity contribution in [3.63, 3.8) is 0 Å². The molecule has 23 heavy (non-hydrogen) atoms. The number of methoxy groups -OCH3 is 1. The highest BCUT2D eigenvalue weighted by molar-refractivity contribution is 5.93. The minimum atomic E-state index is 0.618. The molecule has 0 amide bonds. The number of aromatic amines is 1. The normalized spacial score (nSPS) is 11.3. The Kier molecular flexibility index (Phi) is 6.93. The first-order valence-electron chi connectivity index (χ1n) is 7.49. The second kappa shape index (κ2) is 9.47. The molecule has 7 nitrogen and oxygen atoms in total. The summed E-state index contributed by atoms with van der Waals surface area (Å²) in [7, 11) is 3.42. The molecule has 0 saturated carbocycles. The summed E-state index contributed by atoms with van der Waals surface area (Å²) in [6.45, 7) is 1.94. The largest absolute Gasteiger partial charge is 0.493 e. The third kappa shape index (κ3) is 5.99. The maximum atomic E-state index is 5.69. The minimum absolute atomic E-state index is 0.618. The molecule has 0 atom stereocenters. The van der Waals surface area contributed by atoms with Crippen LogP contribution in [0, 0.1) is 0 Å². The van der Waals surface area contributed by atoms with Crippen LogP contribution < -0.4 is 15.4 Å². The lowest BCUT2D eigenvalue weighted by molar-refractivity contribution is 0.172. The smallest absolute Gasteiger partial charge is 0.195 e. The van der Waals surface area contributed by atoms with Crippen molar-refractivity contribution in [2.24, 2.45) is 4.99 Å². The van der Waals surface area contributed by atoms with Gasteiger partial charge in [0.2, 0.25) is 0 Å². The molecule has 0 bridgehead atoms. The van der Waals surface area contributed by atoms with Gasteiger partial charge in [0.1, 0.15) is 5.75 Å². The number of guanidine groups is 1. The minimum Gasteiger partial charge on any atom is -0.493 e. The van der Waals surface area contributed by atoms with Gasteiger partial charge < -0.3 is 20.1 Å². The molecule has 0 fully saturated rings. The number of H-pyrrole nitrogens is 1. The molecule has 2 rings (SSSR count). The molecule has 0 radical (unpaired) electrons. The second-order valence-electron chi connectivity index (χ2n) is 4.86.